The summed E-state index contributed by atoms with van der Waals surface area (Å²) in [5.74, 6) is -4.03. The summed E-state index contributed by atoms with van der Waals surface area (Å²) < 4.78 is 10.5. The fraction of sp³-hybridized carbons (Fsp3) is 0.507. The minimum atomic E-state index is -1.27. The fourth-order valence-electron chi connectivity index (χ4n) is 9.10. The number of carboxylic acids is 5. The van der Waals surface area contributed by atoms with Crippen LogP contribution in [0.4, 0.5) is 0 Å². The molecule has 0 aliphatic rings. The number of carbonyl (C=O) groups is 7. The third-order valence-corrected chi connectivity index (χ3v) is 15.2. The number of hydrogen-bond acceptors (Lipinski definition) is 10. The molecule has 16 nitrogen and oxygen atoms in total. The highest BCUT2D eigenvalue weighted by Gasteiger charge is 2.18. The van der Waals surface area contributed by atoms with Crippen LogP contribution < -0.4 is 20.1 Å². The first kappa shape index (κ1) is 78.6. The molecule has 4 rings (SSSR count). The van der Waals surface area contributed by atoms with Crippen LogP contribution in [0.1, 0.15) is 253 Å². The molecule has 0 atom stereocenters. The largest absolute Gasteiger partial charge is 0.496 e. The maximum Gasteiger partial charge on any atom is 0.352 e. The van der Waals surface area contributed by atoms with Crippen LogP contribution in [0.15, 0.2) is 120 Å². The maximum atomic E-state index is 12.2. The number of ether oxygens (including phenoxy) is 2. The number of unbranched alkanes of at least 4 members (excludes halogenated alkanes) is 24. The zero-order valence-electron chi connectivity index (χ0n) is 52.9. The van der Waals surface area contributed by atoms with E-state index in [0.29, 0.717) is 41.0 Å². The Balaban J connectivity index is 0.000000592. The lowest BCUT2D eigenvalue weighted by Crippen LogP contribution is -2.27. The van der Waals surface area contributed by atoms with E-state index in [1.165, 1.54) is 186 Å². The van der Waals surface area contributed by atoms with Crippen molar-refractivity contribution >= 4 is 59.5 Å². The van der Waals surface area contributed by atoms with E-state index in [1.807, 2.05) is 12.1 Å². The summed E-state index contributed by atoms with van der Waals surface area (Å²) in [7, 11) is 2.93. The lowest BCUT2D eigenvalue weighted by Gasteiger charge is -2.12. The van der Waals surface area contributed by atoms with Crippen LogP contribution >= 0.6 is 11.8 Å². The normalized spacial score (nSPS) is 10.8. The van der Waals surface area contributed by atoms with Gasteiger partial charge in [-0.1, -0.05) is 209 Å². The number of amides is 2. The van der Waals surface area contributed by atoms with Crippen molar-refractivity contribution in [1.82, 2.24) is 10.6 Å². The molecule has 0 saturated heterocycles. The second-order valence-corrected chi connectivity index (χ2v) is 22.5. The third kappa shape index (κ3) is 39.4. The number of benzene rings is 4. The van der Waals surface area contributed by atoms with Crippen LogP contribution in [0, 0.1) is 0 Å². The lowest BCUT2D eigenvalue weighted by atomic mass is 10.0. The predicted molar refractivity (Wildman–Crippen MR) is 353 cm³/mol. The Morgan fingerprint density at radius 2 is 0.864 bits per heavy atom. The number of allylic oxidation sites excluding steroid dienone is 2. The highest BCUT2D eigenvalue weighted by molar-refractivity contribution is 7.99. The number of rotatable bonds is 44. The maximum absolute atomic E-state index is 12.2. The predicted octanol–water partition coefficient (Wildman–Crippen LogP) is 17.6. The van der Waals surface area contributed by atoms with Crippen molar-refractivity contribution in [3.8, 4) is 11.5 Å². The molecule has 0 heterocycles. The molecule has 2 amide bonds. The monoisotopic (exact) mass is 1240 g/mol. The van der Waals surface area contributed by atoms with Gasteiger partial charge in [-0.05, 0) is 105 Å². The molecule has 4 aromatic carbocycles. The number of aromatic carboxylic acids is 2. The first-order valence-corrected chi connectivity index (χ1v) is 32.8. The van der Waals surface area contributed by atoms with Gasteiger partial charge in [0.25, 0.3) is 11.8 Å². The van der Waals surface area contributed by atoms with Crippen molar-refractivity contribution < 1.29 is 68.6 Å². The van der Waals surface area contributed by atoms with Crippen molar-refractivity contribution in [3.05, 3.63) is 143 Å². The van der Waals surface area contributed by atoms with Crippen LogP contribution in [0.3, 0.4) is 0 Å². The van der Waals surface area contributed by atoms with E-state index in [1.54, 1.807) is 78.5 Å². The number of carbonyl (C=O) groups excluding carboxylic acids is 2. The molecular formula is C71H102N2O14S. The van der Waals surface area contributed by atoms with Gasteiger partial charge in [0.1, 0.15) is 17.2 Å². The molecule has 0 bridgehead atoms. The van der Waals surface area contributed by atoms with E-state index in [2.05, 4.69) is 36.6 Å². The van der Waals surface area contributed by atoms with Gasteiger partial charge in [-0.2, -0.15) is 0 Å². The Kier molecular flexibility index (Phi) is 47.1. The van der Waals surface area contributed by atoms with Crippen LogP contribution in [0.5, 0.6) is 11.5 Å². The average Bonchev–Trinajstić information content (AvgIpc) is 3.70. The van der Waals surface area contributed by atoms with E-state index in [4.69, 9.17) is 24.8 Å². The molecule has 486 valence electrons. The molecule has 0 aromatic heterocycles. The second-order valence-electron chi connectivity index (χ2n) is 21.3. The Hall–Kier alpha value is -7.40. The number of methoxy groups -OCH3 is 2. The molecule has 17 heteroatoms. The van der Waals surface area contributed by atoms with Gasteiger partial charge < -0.3 is 45.6 Å². The second kappa shape index (κ2) is 52.7. The Bertz CT molecular complexity index is 2620. The summed E-state index contributed by atoms with van der Waals surface area (Å²) in [6, 6.07) is 26.6. The zero-order valence-corrected chi connectivity index (χ0v) is 53.7. The minimum Gasteiger partial charge on any atom is -0.496 e. The topological polar surface area (TPSA) is 263 Å². The molecule has 0 unspecified atom stereocenters. The summed E-state index contributed by atoms with van der Waals surface area (Å²) in [4.78, 5) is 78.9. The Morgan fingerprint density at radius 3 is 1.33 bits per heavy atom. The molecule has 0 spiro atoms. The van der Waals surface area contributed by atoms with Gasteiger partial charge in [0.15, 0.2) is 0 Å². The van der Waals surface area contributed by atoms with Crippen LogP contribution in [0.2, 0.25) is 0 Å². The van der Waals surface area contributed by atoms with Gasteiger partial charge in [0.05, 0.1) is 36.5 Å². The van der Waals surface area contributed by atoms with Gasteiger partial charge in [-0.25, -0.2) is 14.4 Å². The van der Waals surface area contributed by atoms with Crippen molar-refractivity contribution in [3.63, 3.8) is 0 Å². The standard InChI is InChI=1S/C23H38O2S.C18H17NO5.C18H34O2.C12H13NO5/c1-2-3-4-5-6-7-8-9-10-11-12-13-14-17-20-26-22-19-16-15-18-21(22)23(24)25;1-23-15-9-6-10-16(24-2)13(15)11-14(18(21)22)19-17(20)12-7-4-3-5-8-12;1-2-3-4-5-6-7-8-9-10-11-12-13-14-15-16-17-18(19)20;14-10(15)6-3-7-13-11(16)8-4-1-2-5-9(8)12(17)18/h15-16,18-19H,2-14,17,20H2,1H3,(H,24,25);3-11H,1-2H3,(H,19,20)(H,21,22);11-12H,2-10,13-17H2,1H3,(H,19,20);1-2,4-5H,3,6-7H2,(H,13,16)(H,14,15)(H,17,18)/b;;12-11+;. The lowest BCUT2D eigenvalue weighted by molar-refractivity contribution is -0.138. The van der Waals surface area contributed by atoms with Crippen molar-refractivity contribution in [2.75, 3.05) is 26.5 Å². The molecule has 0 fully saturated rings. The highest BCUT2D eigenvalue weighted by Crippen LogP contribution is 2.30. The minimum absolute atomic E-state index is 0.0408. The van der Waals surface area contributed by atoms with Crippen LogP contribution in [-0.2, 0) is 14.4 Å². The summed E-state index contributed by atoms with van der Waals surface area (Å²) in [6.07, 6.45) is 42.0. The number of nitrogens with one attached hydrogen (secondary N) is 2. The first-order chi connectivity index (χ1) is 42.6. The number of carboxylic acid groups (broad SMARTS) is 5. The van der Waals surface area contributed by atoms with Crippen molar-refractivity contribution in [1.29, 1.82) is 0 Å². The van der Waals surface area contributed by atoms with E-state index in [0.717, 1.165) is 36.3 Å². The van der Waals surface area contributed by atoms with Crippen molar-refractivity contribution in [2.45, 2.75) is 211 Å². The summed E-state index contributed by atoms with van der Waals surface area (Å²) in [6.45, 7) is 4.73. The van der Waals surface area contributed by atoms with Gasteiger partial charge in [0, 0.05) is 29.8 Å². The molecule has 0 saturated carbocycles. The van der Waals surface area contributed by atoms with E-state index >= 15 is 0 Å². The molecule has 7 N–H and O–H groups in total. The molecular weight excluding hydrogens is 1140 g/mol. The molecule has 4 aromatic rings. The summed E-state index contributed by atoms with van der Waals surface area (Å²) in [5.41, 5.74) is 0.924. The van der Waals surface area contributed by atoms with Crippen molar-refractivity contribution in [2.24, 2.45) is 0 Å². The van der Waals surface area contributed by atoms with Gasteiger partial charge in [0.2, 0.25) is 0 Å². The quantitative estimate of drug-likeness (QED) is 0.00940. The SMILES string of the molecule is CCCCCCCCCC/C=C/CCCCCC(=O)O.CCCCCCCCCCCCCCCCSc1ccccc1C(=O)O.COc1cccc(OC)c1C=C(NC(=O)c1ccccc1)C(=O)O.O=C(O)CCCNC(=O)c1ccccc1C(=O)O. The molecule has 0 aliphatic heterocycles. The van der Waals surface area contributed by atoms with E-state index < -0.39 is 41.7 Å². The number of thioether (sulfide) groups is 1. The van der Waals surface area contributed by atoms with Gasteiger partial charge in [-0.3, -0.25) is 19.2 Å². The first-order valence-electron chi connectivity index (χ1n) is 31.8. The molecule has 0 radical (unpaired) electrons. The smallest absolute Gasteiger partial charge is 0.352 e. The fourth-order valence-corrected chi connectivity index (χ4v) is 10.2. The Labute approximate surface area is 528 Å². The summed E-state index contributed by atoms with van der Waals surface area (Å²) in [5, 5.41) is 49.3. The molecule has 0 aliphatic carbocycles. The van der Waals surface area contributed by atoms with Gasteiger partial charge in [-0.15, -0.1) is 11.8 Å². The van der Waals surface area contributed by atoms with Gasteiger partial charge >= 0.3 is 29.8 Å². The number of hydrogen-bond donors (Lipinski definition) is 7. The highest BCUT2D eigenvalue weighted by atomic mass is 32.2. The van der Waals surface area contributed by atoms with Crippen LogP contribution in [0.25, 0.3) is 6.08 Å². The molecule has 88 heavy (non-hydrogen) atoms. The van der Waals surface area contributed by atoms with E-state index in [9.17, 15) is 43.8 Å². The average molecular weight is 1240 g/mol. The zero-order chi connectivity index (χ0) is 64.8. The third-order valence-electron chi connectivity index (χ3n) is 14.0. The summed E-state index contributed by atoms with van der Waals surface area (Å²) >= 11 is 1.68. The van der Waals surface area contributed by atoms with E-state index in [-0.39, 0.29) is 29.8 Å². The van der Waals surface area contributed by atoms with Crippen LogP contribution in [-0.4, -0.2) is 93.7 Å². The Morgan fingerprint density at radius 1 is 0.443 bits per heavy atom. The number of aliphatic carboxylic acids is 3.